The zero-order valence-corrected chi connectivity index (χ0v) is 17.0. The molecule has 6 unspecified atom stereocenters. The number of nitrogens with one attached hydrogen (secondary N) is 1. The summed E-state index contributed by atoms with van der Waals surface area (Å²) in [5, 5.41) is 3.32. The average Bonchev–Trinajstić information content (AvgIpc) is 3.24. The Morgan fingerprint density at radius 1 is 1.15 bits per heavy atom. The van der Waals surface area contributed by atoms with Crippen LogP contribution in [0.5, 0.6) is 0 Å². The molecule has 0 aromatic heterocycles. The lowest BCUT2D eigenvalue weighted by molar-refractivity contribution is -0.127. The summed E-state index contributed by atoms with van der Waals surface area (Å²) in [6.07, 6.45) is 4.62. The minimum atomic E-state index is 0. The van der Waals surface area contributed by atoms with Crippen LogP contribution in [-0.4, -0.2) is 35.5 Å². The van der Waals surface area contributed by atoms with Gasteiger partial charge in [-0.3, -0.25) is 9.69 Å². The first-order chi connectivity index (χ1) is 11.6. The van der Waals surface area contributed by atoms with Crippen LogP contribution < -0.4 is 11.1 Å². The molecule has 26 heavy (non-hydrogen) atoms. The third-order valence-corrected chi connectivity index (χ3v) is 6.56. The topological polar surface area (TPSA) is 58.4 Å². The molecule has 2 aliphatic carbocycles. The molecule has 146 valence electrons. The van der Waals surface area contributed by atoms with Gasteiger partial charge in [-0.1, -0.05) is 30.3 Å². The van der Waals surface area contributed by atoms with E-state index in [1.54, 1.807) is 0 Å². The van der Waals surface area contributed by atoms with Gasteiger partial charge in [0.2, 0.25) is 5.91 Å². The zero-order valence-electron chi connectivity index (χ0n) is 15.3. The van der Waals surface area contributed by atoms with E-state index in [9.17, 15) is 4.79 Å². The fraction of sp³-hybridized carbons (Fsp3) is 0.650. The molecule has 0 radical (unpaired) electrons. The number of nitrogens with zero attached hydrogens (tertiary/aromatic N) is 1. The van der Waals surface area contributed by atoms with Gasteiger partial charge in [0, 0.05) is 31.2 Å². The molecule has 4 nitrogen and oxygen atoms in total. The lowest BCUT2D eigenvalue weighted by Crippen LogP contribution is -2.48. The second-order valence-corrected chi connectivity index (χ2v) is 8.14. The zero-order chi connectivity index (χ0) is 16.7. The largest absolute Gasteiger partial charge is 0.352 e. The Labute approximate surface area is 169 Å². The number of benzene rings is 1. The van der Waals surface area contributed by atoms with Crippen LogP contribution >= 0.6 is 24.8 Å². The maximum Gasteiger partial charge on any atom is 0.225 e. The van der Waals surface area contributed by atoms with Crippen molar-refractivity contribution in [2.75, 3.05) is 6.54 Å². The van der Waals surface area contributed by atoms with E-state index in [-0.39, 0.29) is 48.7 Å². The molecule has 1 saturated heterocycles. The molecule has 1 aromatic rings. The molecular formula is C20H31Cl2N3O. The van der Waals surface area contributed by atoms with Gasteiger partial charge in [-0.2, -0.15) is 0 Å². The molecule has 0 spiro atoms. The molecule has 1 amide bonds. The maximum atomic E-state index is 12.8. The van der Waals surface area contributed by atoms with Crippen molar-refractivity contribution in [3.8, 4) is 0 Å². The quantitative estimate of drug-likeness (QED) is 0.817. The summed E-state index contributed by atoms with van der Waals surface area (Å²) in [6.45, 7) is 4.16. The fourth-order valence-corrected chi connectivity index (χ4v) is 5.26. The van der Waals surface area contributed by atoms with Crippen molar-refractivity contribution in [2.24, 2.45) is 23.5 Å². The Bertz CT molecular complexity index is 598. The van der Waals surface area contributed by atoms with E-state index >= 15 is 0 Å². The highest BCUT2D eigenvalue weighted by molar-refractivity contribution is 5.85. The highest BCUT2D eigenvalue weighted by atomic mass is 35.5. The molecular weight excluding hydrogens is 369 g/mol. The number of fused-ring (bicyclic) bond motifs is 2. The van der Waals surface area contributed by atoms with Crippen LogP contribution in [0, 0.1) is 17.8 Å². The Hall–Kier alpha value is -0.810. The number of halogens is 2. The summed E-state index contributed by atoms with van der Waals surface area (Å²) in [5.74, 6) is 1.39. The molecule has 1 aromatic carbocycles. The van der Waals surface area contributed by atoms with Crippen molar-refractivity contribution < 1.29 is 4.79 Å². The minimum absolute atomic E-state index is 0. The number of hydrogen-bond donors (Lipinski definition) is 2. The molecule has 6 atom stereocenters. The van der Waals surface area contributed by atoms with Gasteiger partial charge in [0.25, 0.3) is 0 Å². The lowest BCUT2D eigenvalue weighted by Gasteiger charge is -2.28. The smallest absolute Gasteiger partial charge is 0.225 e. The second kappa shape index (κ2) is 8.92. The van der Waals surface area contributed by atoms with Gasteiger partial charge in [0.05, 0.1) is 5.92 Å². The lowest BCUT2D eigenvalue weighted by atomic mass is 9.84. The first-order valence-corrected chi connectivity index (χ1v) is 9.45. The van der Waals surface area contributed by atoms with Crippen molar-refractivity contribution in [3.05, 3.63) is 35.9 Å². The molecule has 4 rings (SSSR count). The molecule has 3 fully saturated rings. The molecule has 2 bridgehead atoms. The maximum absolute atomic E-state index is 12.8. The third-order valence-electron chi connectivity index (χ3n) is 6.56. The number of likely N-dealkylation sites (tertiary alicyclic amines) is 1. The monoisotopic (exact) mass is 399 g/mol. The van der Waals surface area contributed by atoms with E-state index in [0.29, 0.717) is 17.9 Å². The summed E-state index contributed by atoms with van der Waals surface area (Å²) in [6, 6.07) is 11.4. The predicted molar refractivity (Wildman–Crippen MR) is 110 cm³/mol. The van der Waals surface area contributed by atoms with Crippen LogP contribution in [0.15, 0.2) is 30.3 Å². The number of amides is 1. The van der Waals surface area contributed by atoms with Crippen molar-refractivity contribution >= 4 is 30.7 Å². The van der Waals surface area contributed by atoms with Crippen LogP contribution in [0.3, 0.4) is 0 Å². The number of carbonyl (C=O) groups excluding carboxylic acids is 1. The van der Waals surface area contributed by atoms with Gasteiger partial charge in [0.15, 0.2) is 0 Å². The molecule has 2 saturated carbocycles. The fourth-order valence-electron chi connectivity index (χ4n) is 5.26. The number of nitrogens with two attached hydrogens (primary N) is 1. The first-order valence-electron chi connectivity index (χ1n) is 9.45. The standard InChI is InChI=1S/C20H29N3O.2ClH/c1-13-9-17(12-23(13)11-14-5-3-2-4-6-14)22-20(24)18-15-7-8-16(10-15)19(18)21;;/h2-6,13,15-19H,7-12,21H2,1H3,(H,22,24);2*1H. The third kappa shape index (κ3) is 4.19. The Morgan fingerprint density at radius 3 is 2.50 bits per heavy atom. The van der Waals surface area contributed by atoms with Gasteiger partial charge >= 0.3 is 0 Å². The van der Waals surface area contributed by atoms with Crippen molar-refractivity contribution in [3.63, 3.8) is 0 Å². The summed E-state index contributed by atoms with van der Waals surface area (Å²) in [7, 11) is 0. The number of hydrogen-bond acceptors (Lipinski definition) is 3. The molecule has 3 N–H and O–H groups in total. The molecule has 3 aliphatic rings. The average molecular weight is 400 g/mol. The first kappa shape index (κ1) is 21.5. The Morgan fingerprint density at radius 2 is 1.85 bits per heavy atom. The Balaban J connectivity index is 0.00000121. The normalized spacial score (nSPS) is 35.6. The van der Waals surface area contributed by atoms with Crippen LogP contribution in [-0.2, 0) is 11.3 Å². The second-order valence-electron chi connectivity index (χ2n) is 8.14. The van der Waals surface area contributed by atoms with Crippen LogP contribution in [0.4, 0.5) is 0 Å². The van der Waals surface area contributed by atoms with Crippen LogP contribution in [0.25, 0.3) is 0 Å². The summed E-state index contributed by atoms with van der Waals surface area (Å²) < 4.78 is 0. The van der Waals surface area contributed by atoms with E-state index in [0.717, 1.165) is 19.5 Å². The van der Waals surface area contributed by atoms with E-state index in [1.807, 2.05) is 0 Å². The molecule has 6 heteroatoms. The van der Waals surface area contributed by atoms with Gasteiger partial charge < -0.3 is 11.1 Å². The van der Waals surface area contributed by atoms with E-state index in [2.05, 4.69) is 47.5 Å². The summed E-state index contributed by atoms with van der Waals surface area (Å²) in [4.78, 5) is 15.2. The predicted octanol–water partition coefficient (Wildman–Crippen LogP) is 2.98. The van der Waals surface area contributed by atoms with Gasteiger partial charge in [-0.25, -0.2) is 0 Å². The Kier molecular flexibility index (Phi) is 7.37. The van der Waals surface area contributed by atoms with Gasteiger partial charge in [-0.15, -0.1) is 24.8 Å². The van der Waals surface area contributed by atoms with Crippen LogP contribution in [0.1, 0.15) is 38.2 Å². The molecule has 1 aliphatic heterocycles. The summed E-state index contributed by atoms with van der Waals surface area (Å²) >= 11 is 0. The van der Waals surface area contributed by atoms with Crippen molar-refractivity contribution in [2.45, 2.75) is 57.3 Å². The van der Waals surface area contributed by atoms with Gasteiger partial charge in [0.1, 0.15) is 0 Å². The van der Waals surface area contributed by atoms with E-state index in [4.69, 9.17) is 5.73 Å². The van der Waals surface area contributed by atoms with E-state index in [1.165, 1.54) is 24.8 Å². The van der Waals surface area contributed by atoms with Crippen molar-refractivity contribution in [1.82, 2.24) is 10.2 Å². The van der Waals surface area contributed by atoms with Crippen molar-refractivity contribution in [1.29, 1.82) is 0 Å². The number of carbonyl (C=O) groups is 1. The highest BCUT2D eigenvalue weighted by Crippen LogP contribution is 2.47. The molecule has 1 heterocycles. The minimum Gasteiger partial charge on any atom is -0.352 e. The highest BCUT2D eigenvalue weighted by Gasteiger charge is 2.49. The van der Waals surface area contributed by atoms with E-state index < -0.39 is 0 Å². The van der Waals surface area contributed by atoms with Gasteiger partial charge in [-0.05, 0) is 50.0 Å². The summed E-state index contributed by atoms with van der Waals surface area (Å²) in [5.41, 5.74) is 7.66. The SMILES string of the molecule is CC1CC(NC(=O)C2C3CCC(C3)C2N)CN1Cc1ccccc1.Cl.Cl. The number of rotatable bonds is 4. The van der Waals surface area contributed by atoms with Crippen LogP contribution in [0.2, 0.25) is 0 Å².